The van der Waals surface area contributed by atoms with Crippen LogP contribution in [0.3, 0.4) is 0 Å². The number of carbonyl (C=O) groups excluding carboxylic acids is 1. The Balaban J connectivity index is 1.74. The number of hydrogen-bond donors (Lipinski definition) is 1. The second-order valence-electron chi connectivity index (χ2n) is 7.17. The van der Waals surface area contributed by atoms with Gasteiger partial charge in [-0.05, 0) is 51.4 Å². The zero-order chi connectivity index (χ0) is 13.5. The van der Waals surface area contributed by atoms with Gasteiger partial charge in [-0.2, -0.15) is 0 Å². The molecule has 0 aromatic carbocycles. The summed E-state index contributed by atoms with van der Waals surface area (Å²) in [6, 6.07) is 0.601. The number of amides is 1. The highest BCUT2D eigenvalue weighted by atomic mass is 16.2. The molecule has 3 nitrogen and oxygen atoms in total. The number of nitrogens with zero attached hydrogens (tertiary/aromatic N) is 1. The van der Waals surface area contributed by atoms with Crippen LogP contribution in [0.25, 0.3) is 0 Å². The van der Waals surface area contributed by atoms with Gasteiger partial charge in [0.25, 0.3) is 0 Å². The SMILES string of the molecule is CC1(C(=O)N2CCCC2C2CCCC2)CCCC1N. The van der Waals surface area contributed by atoms with E-state index in [2.05, 4.69) is 11.8 Å². The van der Waals surface area contributed by atoms with Crippen LogP contribution >= 0.6 is 0 Å². The monoisotopic (exact) mass is 264 g/mol. The normalized spacial score (nSPS) is 40.2. The van der Waals surface area contributed by atoms with Crippen LogP contribution in [0.1, 0.15) is 64.7 Å². The van der Waals surface area contributed by atoms with Gasteiger partial charge in [-0.1, -0.05) is 19.3 Å². The molecule has 1 saturated heterocycles. The molecular weight excluding hydrogens is 236 g/mol. The Hall–Kier alpha value is -0.570. The lowest BCUT2D eigenvalue weighted by molar-refractivity contribution is -0.143. The smallest absolute Gasteiger partial charge is 0.230 e. The van der Waals surface area contributed by atoms with E-state index in [0.717, 1.165) is 31.7 Å². The summed E-state index contributed by atoms with van der Waals surface area (Å²) >= 11 is 0. The summed E-state index contributed by atoms with van der Waals surface area (Å²) in [5.41, 5.74) is 5.96. The van der Waals surface area contributed by atoms with Gasteiger partial charge >= 0.3 is 0 Å². The van der Waals surface area contributed by atoms with Crippen LogP contribution < -0.4 is 5.73 Å². The summed E-state index contributed by atoms with van der Waals surface area (Å²) in [5.74, 6) is 1.14. The molecule has 3 fully saturated rings. The first-order valence-corrected chi connectivity index (χ1v) is 8.19. The van der Waals surface area contributed by atoms with Crippen LogP contribution in [0.5, 0.6) is 0 Å². The highest BCUT2D eigenvalue weighted by molar-refractivity contribution is 5.84. The van der Waals surface area contributed by atoms with Gasteiger partial charge in [0.2, 0.25) is 5.91 Å². The molecule has 3 atom stereocenters. The fraction of sp³-hybridized carbons (Fsp3) is 0.938. The third kappa shape index (κ3) is 2.20. The van der Waals surface area contributed by atoms with Crippen molar-refractivity contribution in [3.63, 3.8) is 0 Å². The number of likely N-dealkylation sites (tertiary alicyclic amines) is 1. The minimum atomic E-state index is -0.277. The zero-order valence-corrected chi connectivity index (χ0v) is 12.2. The third-order valence-electron chi connectivity index (χ3n) is 6.02. The summed E-state index contributed by atoms with van der Waals surface area (Å²) in [5, 5.41) is 0. The van der Waals surface area contributed by atoms with Gasteiger partial charge in [-0.25, -0.2) is 0 Å². The number of rotatable bonds is 2. The topological polar surface area (TPSA) is 46.3 Å². The zero-order valence-electron chi connectivity index (χ0n) is 12.2. The van der Waals surface area contributed by atoms with Crippen molar-refractivity contribution in [3.05, 3.63) is 0 Å². The van der Waals surface area contributed by atoms with Gasteiger partial charge in [-0.3, -0.25) is 4.79 Å². The Bertz CT molecular complexity index is 351. The van der Waals surface area contributed by atoms with E-state index in [0.29, 0.717) is 11.9 Å². The molecule has 0 aromatic heterocycles. The van der Waals surface area contributed by atoms with E-state index in [-0.39, 0.29) is 11.5 Å². The predicted octanol–water partition coefficient (Wildman–Crippen LogP) is 2.69. The van der Waals surface area contributed by atoms with Gasteiger partial charge in [0.15, 0.2) is 0 Å². The summed E-state index contributed by atoms with van der Waals surface area (Å²) in [6.07, 6.45) is 10.9. The summed E-state index contributed by atoms with van der Waals surface area (Å²) in [4.78, 5) is 15.2. The molecule has 0 bridgehead atoms. The van der Waals surface area contributed by atoms with Crippen molar-refractivity contribution in [3.8, 4) is 0 Å². The second-order valence-corrected chi connectivity index (χ2v) is 7.17. The van der Waals surface area contributed by atoms with Crippen LogP contribution in [0.15, 0.2) is 0 Å². The molecule has 0 spiro atoms. The number of nitrogens with two attached hydrogens (primary N) is 1. The maximum atomic E-state index is 13.0. The van der Waals surface area contributed by atoms with E-state index in [9.17, 15) is 4.79 Å². The minimum Gasteiger partial charge on any atom is -0.339 e. The van der Waals surface area contributed by atoms with E-state index in [1.54, 1.807) is 0 Å². The largest absolute Gasteiger partial charge is 0.339 e. The lowest BCUT2D eigenvalue weighted by Crippen LogP contribution is -2.51. The molecule has 2 aliphatic carbocycles. The molecular formula is C16H28N2O. The molecule has 1 aliphatic heterocycles. The molecule has 19 heavy (non-hydrogen) atoms. The Kier molecular flexibility index (Phi) is 3.59. The van der Waals surface area contributed by atoms with Crippen molar-refractivity contribution < 1.29 is 4.79 Å². The fourth-order valence-electron chi connectivity index (χ4n) is 4.66. The van der Waals surface area contributed by atoms with Crippen LogP contribution in [0, 0.1) is 11.3 Å². The minimum absolute atomic E-state index is 0.0739. The van der Waals surface area contributed by atoms with E-state index in [1.807, 2.05) is 0 Å². The van der Waals surface area contributed by atoms with Crippen molar-refractivity contribution in [1.29, 1.82) is 0 Å². The summed E-state index contributed by atoms with van der Waals surface area (Å²) in [7, 11) is 0. The van der Waals surface area contributed by atoms with Crippen molar-refractivity contribution in [2.45, 2.75) is 76.8 Å². The lowest BCUT2D eigenvalue weighted by atomic mass is 9.82. The molecule has 3 heteroatoms. The van der Waals surface area contributed by atoms with E-state index in [4.69, 9.17) is 5.73 Å². The quantitative estimate of drug-likeness (QED) is 0.833. The fourth-order valence-corrected chi connectivity index (χ4v) is 4.66. The molecule has 0 radical (unpaired) electrons. The first-order chi connectivity index (χ1) is 9.13. The van der Waals surface area contributed by atoms with Gasteiger partial charge in [0.05, 0.1) is 5.41 Å². The molecule has 3 aliphatic rings. The first kappa shape index (κ1) is 13.4. The molecule has 108 valence electrons. The lowest BCUT2D eigenvalue weighted by Gasteiger charge is -2.37. The molecule has 2 saturated carbocycles. The maximum absolute atomic E-state index is 13.0. The van der Waals surface area contributed by atoms with E-state index in [1.165, 1.54) is 38.5 Å². The molecule has 0 aromatic rings. The van der Waals surface area contributed by atoms with E-state index >= 15 is 0 Å². The van der Waals surface area contributed by atoms with Crippen molar-refractivity contribution in [2.75, 3.05) is 6.54 Å². The highest BCUT2D eigenvalue weighted by Gasteiger charge is 2.48. The molecule has 3 rings (SSSR count). The second kappa shape index (κ2) is 5.08. The Labute approximate surface area is 116 Å². The summed E-state index contributed by atoms with van der Waals surface area (Å²) in [6.45, 7) is 3.08. The maximum Gasteiger partial charge on any atom is 0.230 e. The van der Waals surface area contributed by atoms with Gasteiger partial charge < -0.3 is 10.6 Å². The van der Waals surface area contributed by atoms with Crippen molar-refractivity contribution >= 4 is 5.91 Å². The average molecular weight is 264 g/mol. The van der Waals surface area contributed by atoms with Gasteiger partial charge in [-0.15, -0.1) is 0 Å². The Morgan fingerprint density at radius 1 is 1.11 bits per heavy atom. The predicted molar refractivity (Wildman–Crippen MR) is 76.6 cm³/mol. The molecule has 2 N–H and O–H groups in total. The molecule has 1 amide bonds. The highest BCUT2D eigenvalue weighted by Crippen LogP contribution is 2.42. The number of hydrogen-bond acceptors (Lipinski definition) is 2. The molecule has 1 heterocycles. The Morgan fingerprint density at radius 3 is 2.47 bits per heavy atom. The summed E-state index contributed by atoms with van der Waals surface area (Å²) < 4.78 is 0. The van der Waals surface area contributed by atoms with Crippen LogP contribution in [0.2, 0.25) is 0 Å². The number of carbonyl (C=O) groups is 1. The third-order valence-corrected chi connectivity index (χ3v) is 6.02. The molecule has 3 unspecified atom stereocenters. The average Bonchev–Trinajstić information content (AvgIpc) is 3.10. The Morgan fingerprint density at radius 2 is 1.84 bits per heavy atom. The first-order valence-electron chi connectivity index (χ1n) is 8.19. The van der Waals surface area contributed by atoms with E-state index < -0.39 is 0 Å². The van der Waals surface area contributed by atoms with Crippen molar-refractivity contribution in [1.82, 2.24) is 4.90 Å². The van der Waals surface area contributed by atoms with Gasteiger partial charge in [0, 0.05) is 18.6 Å². The van der Waals surface area contributed by atoms with Crippen LogP contribution in [-0.4, -0.2) is 29.4 Å². The van der Waals surface area contributed by atoms with Crippen LogP contribution in [0.4, 0.5) is 0 Å². The standard InChI is InChI=1S/C16H28N2O/c1-16(10-4-9-14(16)17)15(19)18-11-5-8-13(18)12-6-2-3-7-12/h12-14H,2-11,17H2,1H3. The van der Waals surface area contributed by atoms with Crippen molar-refractivity contribution in [2.24, 2.45) is 17.1 Å². The van der Waals surface area contributed by atoms with Crippen LogP contribution in [-0.2, 0) is 4.79 Å². The van der Waals surface area contributed by atoms with Gasteiger partial charge in [0.1, 0.15) is 0 Å².